The van der Waals surface area contributed by atoms with Gasteiger partial charge in [0.15, 0.2) is 0 Å². The van der Waals surface area contributed by atoms with Gasteiger partial charge in [0, 0.05) is 24.6 Å². The molecule has 1 atom stereocenters. The summed E-state index contributed by atoms with van der Waals surface area (Å²) in [6, 6.07) is 10.9. The van der Waals surface area contributed by atoms with E-state index >= 15 is 0 Å². The van der Waals surface area contributed by atoms with E-state index in [0.29, 0.717) is 6.17 Å². The number of unbranched alkanes of at least 4 members (excludes halogenated alkanes) is 15. The lowest BCUT2D eigenvalue weighted by atomic mass is 10.0. The second-order valence-electron chi connectivity index (χ2n) is 9.85. The number of hydrogen-bond donors (Lipinski definition) is 0. The zero-order valence-electron chi connectivity index (χ0n) is 21.4. The lowest BCUT2D eigenvalue weighted by Crippen LogP contribution is -2.39. The molecule has 1 aromatic rings. The van der Waals surface area contributed by atoms with Gasteiger partial charge < -0.3 is 9.80 Å². The summed E-state index contributed by atoms with van der Waals surface area (Å²) in [5, 5.41) is 0. The third kappa shape index (κ3) is 10.9. The van der Waals surface area contributed by atoms with Gasteiger partial charge in [-0.1, -0.05) is 128 Å². The molecule has 2 rings (SSSR count). The van der Waals surface area contributed by atoms with Gasteiger partial charge >= 0.3 is 0 Å². The van der Waals surface area contributed by atoms with Crippen molar-refractivity contribution in [2.45, 2.75) is 136 Å². The molecular weight excluding hydrogens is 388 g/mol. The van der Waals surface area contributed by atoms with E-state index in [1.54, 1.807) is 0 Å². The van der Waals surface area contributed by atoms with Crippen LogP contribution in [0.4, 0.5) is 5.69 Å². The third-order valence-electron chi connectivity index (χ3n) is 7.01. The Kier molecular flexibility index (Phi) is 15.1. The average molecular weight is 441 g/mol. The highest BCUT2D eigenvalue weighted by molar-refractivity contribution is 5.51. The second kappa shape index (κ2) is 18.0. The molecule has 1 unspecified atom stereocenters. The zero-order valence-corrected chi connectivity index (χ0v) is 21.4. The first-order chi connectivity index (χ1) is 15.9. The fourth-order valence-electron chi connectivity index (χ4n) is 4.97. The first kappa shape index (κ1) is 26.8. The molecule has 1 aliphatic heterocycles. The second-order valence-corrected chi connectivity index (χ2v) is 9.85. The molecule has 0 amide bonds. The molecular formula is C30H52N2. The van der Waals surface area contributed by atoms with Crippen LogP contribution in [0.5, 0.6) is 0 Å². The molecule has 0 aliphatic carbocycles. The average Bonchev–Trinajstić information content (AvgIpc) is 3.22. The summed E-state index contributed by atoms with van der Waals surface area (Å²) in [5.41, 5.74) is 1.33. The minimum absolute atomic E-state index is 0.505. The molecule has 2 nitrogen and oxygen atoms in total. The van der Waals surface area contributed by atoms with Crippen LogP contribution < -0.4 is 4.90 Å². The monoisotopic (exact) mass is 440 g/mol. The van der Waals surface area contributed by atoms with Crippen LogP contribution in [0.2, 0.25) is 0 Å². The van der Waals surface area contributed by atoms with Gasteiger partial charge in [0.25, 0.3) is 0 Å². The van der Waals surface area contributed by atoms with E-state index in [-0.39, 0.29) is 0 Å². The number of benzene rings is 1. The Morgan fingerprint density at radius 3 is 1.62 bits per heavy atom. The Labute approximate surface area is 200 Å². The SMILES string of the molecule is CCCCCCCCCCCCCCCCN1C=CN(c2ccccc2)C1CCCCC. The molecule has 1 heterocycles. The number of para-hydroxylation sites is 1. The third-order valence-corrected chi connectivity index (χ3v) is 7.01. The van der Waals surface area contributed by atoms with Crippen molar-refractivity contribution in [1.82, 2.24) is 4.90 Å². The number of hydrogen-bond acceptors (Lipinski definition) is 2. The summed E-state index contributed by atoms with van der Waals surface area (Å²) in [4.78, 5) is 5.09. The van der Waals surface area contributed by atoms with Crippen molar-refractivity contribution in [3.8, 4) is 0 Å². The number of nitrogens with zero attached hydrogens (tertiary/aromatic N) is 2. The summed E-state index contributed by atoms with van der Waals surface area (Å²) in [5.74, 6) is 0. The van der Waals surface area contributed by atoms with Crippen molar-refractivity contribution in [3.05, 3.63) is 42.7 Å². The van der Waals surface area contributed by atoms with E-state index < -0.39 is 0 Å². The quantitative estimate of drug-likeness (QED) is 0.186. The topological polar surface area (TPSA) is 6.48 Å². The molecule has 0 spiro atoms. The van der Waals surface area contributed by atoms with E-state index in [2.05, 4.69) is 66.4 Å². The van der Waals surface area contributed by atoms with Crippen molar-refractivity contribution in [2.75, 3.05) is 11.4 Å². The summed E-state index contributed by atoms with van der Waals surface area (Å²) in [6.45, 7) is 5.80. The maximum Gasteiger partial charge on any atom is 0.105 e. The lowest BCUT2D eigenvalue weighted by molar-refractivity contribution is 0.273. The first-order valence-electron chi connectivity index (χ1n) is 14.1. The predicted molar refractivity (Wildman–Crippen MR) is 143 cm³/mol. The normalized spacial score (nSPS) is 15.8. The molecule has 0 aromatic heterocycles. The van der Waals surface area contributed by atoms with Gasteiger partial charge in [-0.15, -0.1) is 0 Å². The van der Waals surface area contributed by atoms with Crippen LogP contribution in [0.1, 0.15) is 129 Å². The maximum absolute atomic E-state index is 2.60. The predicted octanol–water partition coefficient (Wildman–Crippen LogP) is 9.67. The highest BCUT2D eigenvalue weighted by Crippen LogP contribution is 2.28. The summed E-state index contributed by atoms with van der Waals surface area (Å²) >= 11 is 0. The molecule has 1 aliphatic rings. The highest BCUT2D eigenvalue weighted by atomic mass is 15.4. The summed E-state index contributed by atoms with van der Waals surface area (Å²) in [7, 11) is 0. The molecule has 0 bridgehead atoms. The molecule has 182 valence electrons. The van der Waals surface area contributed by atoms with Crippen LogP contribution in [0.25, 0.3) is 0 Å². The largest absolute Gasteiger partial charge is 0.356 e. The van der Waals surface area contributed by atoms with E-state index in [9.17, 15) is 0 Å². The van der Waals surface area contributed by atoms with Gasteiger partial charge in [-0.05, 0) is 31.4 Å². The Balaban J connectivity index is 1.53. The lowest BCUT2D eigenvalue weighted by Gasteiger charge is -2.33. The zero-order chi connectivity index (χ0) is 22.7. The van der Waals surface area contributed by atoms with E-state index in [0.717, 1.165) is 0 Å². The van der Waals surface area contributed by atoms with Gasteiger partial charge in [0.2, 0.25) is 0 Å². The Morgan fingerprint density at radius 1 is 0.562 bits per heavy atom. The molecule has 0 saturated heterocycles. The fourth-order valence-corrected chi connectivity index (χ4v) is 4.97. The van der Waals surface area contributed by atoms with Gasteiger partial charge in [-0.2, -0.15) is 0 Å². The number of anilines is 1. The minimum Gasteiger partial charge on any atom is -0.356 e. The molecule has 0 saturated carbocycles. The van der Waals surface area contributed by atoms with Crippen LogP contribution in [0, 0.1) is 0 Å². The first-order valence-corrected chi connectivity index (χ1v) is 14.1. The van der Waals surface area contributed by atoms with Crippen LogP contribution in [0.3, 0.4) is 0 Å². The van der Waals surface area contributed by atoms with Crippen molar-refractivity contribution in [1.29, 1.82) is 0 Å². The summed E-state index contributed by atoms with van der Waals surface area (Å²) < 4.78 is 0. The van der Waals surface area contributed by atoms with Crippen molar-refractivity contribution >= 4 is 5.69 Å². The molecule has 0 radical (unpaired) electrons. The van der Waals surface area contributed by atoms with Crippen LogP contribution >= 0.6 is 0 Å². The van der Waals surface area contributed by atoms with Crippen molar-refractivity contribution in [3.63, 3.8) is 0 Å². The fraction of sp³-hybridized carbons (Fsp3) is 0.733. The summed E-state index contributed by atoms with van der Waals surface area (Å²) in [6.07, 6.45) is 30.4. The molecule has 2 heteroatoms. The molecule has 0 fully saturated rings. The minimum atomic E-state index is 0.505. The van der Waals surface area contributed by atoms with Gasteiger partial charge in [0.05, 0.1) is 0 Å². The number of rotatable bonds is 20. The van der Waals surface area contributed by atoms with E-state index in [1.165, 1.54) is 128 Å². The molecule has 1 aromatic carbocycles. The van der Waals surface area contributed by atoms with Gasteiger partial charge in [0.1, 0.15) is 6.17 Å². The maximum atomic E-state index is 2.60. The van der Waals surface area contributed by atoms with Crippen LogP contribution in [-0.4, -0.2) is 17.6 Å². The molecule has 0 N–H and O–H groups in total. The Hall–Kier alpha value is -1.44. The standard InChI is InChI=1S/C30H52N2/c1-3-5-7-8-9-10-11-12-13-14-15-16-17-22-26-31-27-28-32(29-23-20-18-21-24-29)30(31)25-19-6-4-2/h18,20-21,23-24,27-28,30H,3-17,19,22,25-26H2,1-2H3. The smallest absolute Gasteiger partial charge is 0.105 e. The van der Waals surface area contributed by atoms with Gasteiger partial charge in [-0.25, -0.2) is 0 Å². The van der Waals surface area contributed by atoms with Gasteiger partial charge in [-0.3, -0.25) is 0 Å². The molecule has 32 heavy (non-hydrogen) atoms. The van der Waals surface area contributed by atoms with Crippen LogP contribution in [0.15, 0.2) is 42.7 Å². The van der Waals surface area contributed by atoms with Crippen molar-refractivity contribution < 1.29 is 0 Å². The Bertz CT molecular complexity index is 567. The van der Waals surface area contributed by atoms with Crippen LogP contribution in [-0.2, 0) is 0 Å². The van der Waals surface area contributed by atoms with E-state index in [4.69, 9.17) is 0 Å². The highest BCUT2D eigenvalue weighted by Gasteiger charge is 2.26. The Morgan fingerprint density at radius 2 is 1.06 bits per heavy atom. The van der Waals surface area contributed by atoms with Crippen molar-refractivity contribution in [2.24, 2.45) is 0 Å². The van der Waals surface area contributed by atoms with E-state index in [1.807, 2.05) is 0 Å².